The summed E-state index contributed by atoms with van der Waals surface area (Å²) in [6.07, 6.45) is 1.70. The van der Waals surface area contributed by atoms with Crippen LogP contribution in [0, 0.1) is 19.3 Å². The van der Waals surface area contributed by atoms with Gasteiger partial charge in [0, 0.05) is 16.9 Å². The lowest BCUT2D eigenvalue weighted by Gasteiger charge is -2.26. The number of hydrogen-bond acceptors (Lipinski definition) is 5. The van der Waals surface area contributed by atoms with Crippen LogP contribution in [0.3, 0.4) is 0 Å². The molecule has 0 saturated carbocycles. The molecular weight excluding hydrogens is 560 g/mol. The van der Waals surface area contributed by atoms with Gasteiger partial charge in [0.1, 0.15) is 28.6 Å². The molecule has 0 aliphatic carbocycles. The summed E-state index contributed by atoms with van der Waals surface area (Å²) in [6.45, 7) is 18.5. The van der Waals surface area contributed by atoms with Gasteiger partial charge in [-0.1, -0.05) is 58.9 Å². The molecule has 5 nitrogen and oxygen atoms in total. The average Bonchev–Trinajstić information content (AvgIpc) is 3.03. The van der Waals surface area contributed by atoms with E-state index in [0.29, 0.717) is 28.4 Å². The molecule has 4 aromatic carbocycles. The zero-order valence-electron chi connectivity index (χ0n) is 28.1. The maximum absolute atomic E-state index is 13.0. The molecule has 0 spiro atoms. The van der Waals surface area contributed by atoms with Crippen molar-refractivity contribution in [2.24, 2.45) is 5.41 Å². The summed E-state index contributed by atoms with van der Waals surface area (Å²) >= 11 is 0. The zero-order chi connectivity index (χ0) is 32.9. The number of carbonyl (C=O) groups is 2. The Bertz CT molecular complexity index is 1650. The first-order valence-corrected chi connectivity index (χ1v) is 15.8. The van der Waals surface area contributed by atoms with E-state index in [-0.39, 0.29) is 17.3 Å². The highest BCUT2D eigenvalue weighted by molar-refractivity contribution is 6.00. The molecule has 4 aromatic rings. The molecule has 0 aromatic heterocycles. The Morgan fingerprint density at radius 3 is 1.62 bits per heavy atom. The minimum atomic E-state index is -0.437. The maximum Gasteiger partial charge on any atom is 0.343 e. The second kappa shape index (κ2) is 13.7. The Morgan fingerprint density at radius 2 is 1.16 bits per heavy atom. The summed E-state index contributed by atoms with van der Waals surface area (Å²) in [4.78, 5) is 25.7. The van der Waals surface area contributed by atoms with Gasteiger partial charge in [-0.15, -0.1) is 0 Å². The lowest BCUT2D eigenvalue weighted by atomic mass is 9.82. The number of aryl methyl sites for hydroxylation is 2. The summed E-state index contributed by atoms with van der Waals surface area (Å²) in [5.74, 6) is 2.47. The average molecular weight is 607 g/mol. The molecule has 0 saturated heterocycles. The Kier molecular flexibility index (Phi) is 10.2. The molecule has 0 N–H and O–H groups in total. The largest absolute Gasteiger partial charge is 0.488 e. The van der Waals surface area contributed by atoms with E-state index < -0.39 is 11.4 Å². The van der Waals surface area contributed by atoms with Crippen LogP contribution in [0.25, 0.3) is 0 Å². The van der Waals surface area contributed by atoms with Crippen LogP contribution in [0.2, 0.25) is 0 Å². The second-order valence-corrected chi connectivity index (χ2v) is 13.1. The fourth-order valence-electron chi connectivity index (χ4n) is 4.85. The summed E-state index contributed by atoms with van der Waals surface area (Å²) in [5, 5.41) is 0. The predicted octanol–water partition coefficient (Wildman–Crippen LogP) is 10.7. The second-order valence-electron chi connectivity index (χ2n) is 13.1. The number of esters is 1. The first kappa shape index (κ1) is 33.5. The van der Waals surface area contributed by atoms with Gasteiger partial charge in [-0.05, 0) is 123 Å². The molecule has 4 rings (SSSR count). The molecule has 0 aliphatic heterocycles. The van der Waals surface area contributed by atoms with E-state index in [1.807, 2.05) is 39.8 Å². The van der Waals surface area contributed by atoms with Crippen LogP contribution in [0.15, 0.2) is 84.9 Å². The van der Waals surface area contributed by atoms with Gasteiger partial charge in [0.05, 0.1) is 5.56 Å². The highest BCUT2D eigenvalue weighted by Crippen LogP contribution is 2.33. The van der Waals surface area contributed by atoms with E-state index in [4.69, 9.17) is 14.2 Å². The number of Topliss-reactive ketones (excluding diaryl/α,β-unsaturated/α-hetero) is 1. The van der Waals surface area contributed by atoms with Crippen molar-refractivity contribution in [2.45, 2.75) is 86.7 Å². The number of hydrogen-bond donors (Lipinski definition) is 0. The molecule has 0 heterocycles. The first-order chi connectivity index (χ1) is 21.2. The third-order valence-corrected chi connectivity index (χ3v) is 8.78. The zero-order valence-corrected chi connectivity index (χ0v) is 28.1. The van der Waals surface area contributed by atoms with Gasteiger partial charge < -0.3 is 14.2 Å². The molecule has 45 heavy (non-hydrogen) atoms. The molecule has 0 radical (unpaired) electrons. The number of ketones is 1. The number of carbonyl (C=O) groups excluding carboxylic acids is 2. The van der Waals surface area contributed by atoms with E-state index >= 15 is 0 Å². The SMILES string of the molecule is CCC(C)(C)Oc1ccc(C(C)c2ccc(OC(=O)c3ccc(Oc4ccc(C(=O)C(C)(C)CC)cc4)cc3)c(C)c2)cc1C. The summed E-state index contributed by atoms with van der Waals surface area (Å²) < 4.78 is 17.9. The van der Waals surface area contributed by atoms with Gasteiger partial charge in [-0.25, -0.2) is 4.79 Å². The lowest BCUT2D eigenvalue weighted by molar-refractivity contribution is 0.0733. The molecule has 1 atom stereocenters. The van der Waals surface area contributed by atoms with Crippen LogP contribution in [0.5, 0.6) is 23.0 Å². The minimum absolute atomic E-state index is 0.112. The van der Waals surface area contributed by atoms with Gasteiger partial charge in [-0.3, -0.25) is 4.79 Å². The molecule has 5 heteroatoms. The quantitative estimate of drug-likeness (QED) is 0.0912. The van der Waals surface area contributed by atoms with Crippen molar-refractivity contribution < 1.29 is 23.8 Å². The molecule has 1 unspecified atom stereocenters. The normalized spacial score (nSPS) is 12.4. The van der Waals surface area contributed by atoms with E-state index in [0.717, 1.165) is 35.3 Å². The van der Waals surface area contributed by atoms with Crippen molar-refractivity contribution in [3.05, 3.63) is 118 Å². The third kappa shape index (κ3) is 8.21. The number of benzene rings is 4. The molecular formula is C40H46O5. The van der Waals surface area contributed by atoms with Crippen molar-refractivity contribution in [1.82, 2.24) is 0 Å². The van der Waals surface area contributed by atoms with Crippen LogP contribution in [-0.4, -0.2) is 17.4 Å². The van der Waals surface area contributed by atoms with Gasteiger partial charge in [0.2, 0.25) is 0 Å². The van der Waals surface area contributed by atoms with Crippen molar-refractivity contribution >= 4 is 11.8 Å². The van der Waals surface area contributed by atoms with Gasteiger partial charge >= 0.3 is 5.97 Å². The predicted molar refractivity (Wildman–Crippen MR) is 181 cm³/mol. The van der Waals surface area contributed by atoms with Crippen molar-refractivity contribution in [3.8, 4) is 23.0 Å². The van der Waals surface area contributed by atoms with Crippen molar-refractivity contribution in [3.63, 3.8) is 0 Å². The Morgan fingerprint density at radius 1 is 0.667 bits per heavy atom. The summed E-state index contributed by atoms with van der Waals surface area (Å²) in [6, 6.07) is 26.3. The Hall–Kier alpha value is -4.38. The smallest absolute Gasteiger partial charge is 0.343 e. The van der Waals surface area contributed by atoms with Crippen LogP contribution in [-0.2, 0) is 0 Å². The van der Waals surface area contributed by atoms with E-state index in [1.165, 1.54) is 5.56 Å². The fraction of sp³-hybridized carbons (Fsp3) is 0.350. The minimum Gasteiger partial charge on any atom is -0.488 e. The Balaban J connectivity index is 1.38. The third-order valence-electron chi connectivity index (χ3n) is 8.78. The first-order valence-electron chi connectivity index (χ1n) is 15.8. The topological polar surface area (TPSA) is 61.8 Å². The van der Waals surface area contributed by atoms with E-state index in [2.05, 4.69) is 58.9 Å². The van der Waals surface area contributed by atoms with Crippen LogP contribution < -0.4 is 14.2 Å². The van der Waals surface area contributed by atoms with Crippen LogP contribution in [0.1, 0.15) is 110 Å². The molecule has 0 bridgehead atoms. The molecule has 0 fully saturated rings. The summed E-state index contributed by atoms with van der Waals surface area (Å²) in [7, 11) is 0. The van der Waals surface area contributed by atoms with Gasteiger partial charge in [0.25, 0.3) is 0 Å². The number of ether oxygens (including phenoxy) is 3. The van der Waals surface area contributed by atoms with Crippen molar-refractivity contribution in [2.75, 3.05) is 0 Å². The summed E-state index contributed by atoms with van der Waals surface area (Å²) in [5.41, 5.74) is 4.81. The highest BCUT2D eigenvalue weighted by Gasteiger charge is 2.26. The number of rotatable bonds is 12. The highest BCUT2D eigenvalue weighted by atomic mass is 16.5. The monoisotopic (exact) mass is 606 g/mol. The Labute approximate surface area is 268 Å². The molecule has 0 aliphatic rings. The van der Waals surface area contributed by atoms with Crippen molar-refractivity contribution in [1.29, 1.82) is 0 Å². The van der Waals surface area contributed by atoms with Gasteiger partial charge in [0.15, 0.2) is 5.78 Å². The molecule has 236 valence electrons. The van der Waals surface area contributed by atoms with Gasteiger partial charge in [-0.2, -0.15) is 0 Å². The lowest BCUT2D eigenvalue weighted by Crippen LogP contribution is -2.27. The van der Waals surface area contributed by atoms with Crippen LogP contribution >= 0.6 is 0 Å². The molecule has 0 amide bonds. The fourth-order valence-corrected chi connectivity index (χ4v) is 4.85. The maximum atomic E-state index is 13.0. The van der Waals surface area contributed by atoms with E-state index in [1.54, 1.807) is 48.5 Å². The van der Waals surface area contributed by atoms with E-state index in [9.17, 15) is 9.59 Å². The standard InChI is InChI=1S/C40H46O5/c1-10-39(6,7)37(41)29-12-18-33(19-13-29)43-34-20-14-30(15-21-34)38(42)44-35-22-16-31(24-26(35)3)28(5)32-17-23-36(27(4)25-32)45-40(8,9)11-2/h12-25,28H,10-11H2,1-9H3. The van der Waals surface area contributed by atoms with Crippen LogP contribution in [0.4, 0.5) is 0 Å².